The smallest absolute Gasteiger partial charge is 0.327 e. The highest BCUT2D eigenvalue weighted by molar-refractivity contribution is 6.76. The van der Waals surface area contributed by atoms with E-state index in [1.54, 1.807) is 12.1 Å². The predicted octanol–water partition coefficient (Wildman–Crippen LogP) is 6.39. The second-order valence-electron chi connectivity index (χ2n) is 21.8. The third-order valence-corrected chi connectivity index (χ3v) is 16.9. The number of methoxy groups -OCH3 is 2. The Morgan fingerprint density at radius 3 is 1.62 bits per heavy atom. The van der Waals surface area contributed by atoms with Crippen molar-refractivity contribution in [1.29, 1.82) is 0 Å². The monoisotopic (exact) mass is 1150 g/mol. The molecule has 0 unspecified atom stereocenters. The molecule has 0 bridgehead atoms. The van der Waals surface area contributed by atoms with Crippen LogP contribution in [0.25, 0.3) is 33.3 Å². The molecular formula is C56H56F4N10O11Si. The zero-order valence-electron chi connectivity index (χ0n) is 45.2. The van der Waals surface area contributed by atoms with Crippen molar-refractivity contribution < 1.29 is 69.4 Å². The minimum Gasteiger partial charge on any atom is -0.494 e. The highest BCUT2D eigenvalue weighted by atomic mass is 28.3. The fourth-order valence-corrected chi connectivity index (χ4v) is 11.6. The third kappa shape index (κ3) is 9.91. The summed E-state index contributed by atoms with van der Waals surface area (Å²) in [6.45, 7) is 8.40. The van der Waals surface area contributed by atoms with Crippen LogP contribution in [0.4, 0.5) is 27.2 Å². The molecule has 26 heteroatoms. The van der Waals surface area contributed by atoms with E-state index in [9.17, 15) is 37.5 Å². The number of imide groups is 2. The van der Waals surface area contributed by atoms with Gasteiger partial charge in [0.15, 0.2) is 57.0 Å². The first-order valence-corrected chi connectivity index (χ1v) is 30.1. The minimum absolute atomic E-state index is 0.000569. The molecule has 6 aromatic rings. The van der Waals surface area contributed by atoms with Crippen molar-refractivity contribution in [2.75, 3.05) is 66.8 Å². The number of rotatable bonds is 15. The summed E-state index contributed by atoms with van der Waals surface area (Å²) in [7, 11) is 1.16. The van der Waals surface area contributed by atoms with Crippen LogP contribution < -0.4 is 36.1 Å². The second-order valence-corrected chi connectivity index (χ2v) is 27.4. The van der Waals surface area contributed by atoms with E-state index in [1.165, 1.54) is 60.4 Å². The molecule has 0 radical (unpaired) electrons. The van der Waals surface area contributed by atoms with Gasteiger partial charge in [0, 0.05) is 65.1 Å². The second kappa shape index (κ2) is 21.5. The summed E-state index contributed by atoms with van der Waals surface area (Å²) in [5.74, 6) is -5.83. The van der Waals surface area contributed by atoms with E-state index in [4.69, 9.17) is 23.0 Å². The molecule has 6 aliphatic heterocycles. The minimum atomic E-state index is -1.91. The number of amides is 8. The Balaban J connectivity index is 0.000000175. The maximum absolute atomic E-state index is 15.2. The highest BCUT2D eigenvalue weighted by Gasteiger charge is 2.58. The molecular weight excluding hydrogens is 1090 g/mol. The number of furan rings is 2. The Labute approximate surface area is 466 Å². The lowest BCUT2D eigenvalue weighted by Crippen LogP contribution is -2.52. The number of nitrogens with zero attached hydrogens (tertiary/aromatic N) is 5. The molecule has 6 aliphatic rings. The molecule has 0 spiro atoms. The summed E-state index contributed by atoms with van der Waals surface area (Å²) in [5.41, 5.74) is -0.687. The number of carbonyl (C=O) groups excluding carboxylic acids is 6. The fourth-order valence-electron chi connectivity index (χ4n) is 10.9. The summed E-state index contributed by atoms with van der Waals surface area (Å²) in [6.07, 6.45) is 4.92. The molecule has 0 saturated carbocycles. The van der Waals surface area contributed by atoms with Crippen LogP contribution in [0.2, 0.25) is 25.7 Å². The quantitative estimate of drug-likeness (QED) is 0.0323. The number of aromatic nitrogens is 2. The van der Waals surface area contributed by atoms with Crippen molar-refractivity contribution in [3.05, 3.63) is 129 Å². The number of hydrogen-bond donors (Lipinski definition) is 5. The Bertz CT molecular complexity index is 3750. The lowest BCUT2D eigenvalue weighted by molar-refractivity contribution is -0.136. The first-order chi connectivity index (χ1) is 39.2. The van der Waals surface area contributed by atoms with Crippen LogP contribution in [0.3, 0.4) is 0 Å². The fraction of sp³-hybridized carbons (Fsp3) is 0.357. The molecule has 8 amide bonds. The van der Waals surface area contributed by atoms with Crippen molar-refractivity contribution in [1.82, 2.24) is 51.3 Å². The highest BCUT2D eigenvalue weighted by Crippen LogP contribution is 2.40. The molecule has 2 fully saturated rings. The molecule has 5 N–H and O–H groups in total. The Kier molecular flexibility index (Phi) is 14.5. The van der Waals surface area contributed by atoms with Crippen molar-refractivity contribution in [3.63, 3.8) is 0 Å². The van der Waals surface area contributed by atoms with Crippen molar-refractivity contribution in [3.8, 4) is 11.5 Å². The molecule has 4 aromatic heterocycles. The Morgan fingerprint density at radius 1 is 0.671 bits per heavy atom. The van der Waals surface area contributed by atoms with Gasteiger partial charge in [-0.25, -0.2) is 42.0 Å². The number of benzene rings is 2. The van der Waals surface area contributed by atoms with Gasteiger partial charge in [-0.15, -0.1) is 0 Å². The van der Waals surface area contributed by atoms with Gasteiger partial charge >= 0.3 is 12.1 Å². The number of nitrogens with one attached hydrogen (secondary N) is 5. The average molecular weight is 1150 g/mol. The average Bonchev–Trinajstić information content (AvgIpc) is 4.50. The van der Waals surface area contributed by atoms with Crippen LogP contribution in [0, 0.1) is 23.3 Å². The SMILES string of the molecule is COc1ccc2c(c1F)C(=O)N(C[C@@]1(c3cc4nc(C5=CCNCC5)c(F)cc4o3)NC(=O)N(COCC[Si](C)(C)C)C1=O)C2.COc1ccc2c(c1F)C(=O)N(C[C@@]1(c3cc4nc(C5=CCNCC5)c(F)cc4o3)NC(=O)NC1=O)C2. The van der Waals surface area contributed by atoms with Crippen molar-refractivity contribution in [2.24, 2.45) is 0 Å². The molecule has 0 aliphatic carbocycles. The largest absolute Gasteiger partial charge is 0.494 e. The van der Waals surface area contributed by atoms with Gasteiger partial charge < -0.3 is 54.1 Å². The summed E-state index contributed by atoms with van der Waals surface area (Å²) in [5, 5.41) is 13.8. The van der Waals surface area contributed by atoms with Crippen molar-refractivity contribution in [2.45, 2.75) is 62.7 Å². The molecule has 82 heavy (non-hydrogen) atoms. The van der Waals surface area contributed by atoms with Gasteiger partial charge in [0.05, 0.1) is 38.4 Å². The van der Waals surface area contributed by atoms with Crippen LogP contribution >= 0.6 is 0 Å². The van der Waals surface area contributed by atoms with E-state index in [1.807, 2.05) is 12.2 Å². The molecule has 2 saturated heterocycles. The van der Waals surface area contributed by atoms with Crippen LogP contribution in [0.5, 0.6) is 11.5 Å². The molecule has 21 nitrogen and oxygen atoms in total. The van der Waals surface area contributed by atoms with E-state index in [-0.39, 0.29) is 101 Å². The normalized spacial score (nSPS) is 20.7. The Morgan fingerprint density at radius 2 is 1.17 bits per heavy atom. The zero-order valence-corrected chi connectivity index (χ0v) is 46.2. The standard InChI is InChI=1S/C31H35F2N5O6Si.C25H21F2N5O5/c1-42-22-6-5-19-15-37(28(39)25(19)26(22)33)16-31(29(40)38(30(41)36-31)17-43-11-12-45(2,3)4)24-14-21-23(44-24)13-20(32)27(35-21)18-7-9-34-10-8-18;1-36-16-3-2-13-10-32(22(33)19(13)20(16)27)11-25(23(34)30-24(35)31-25)18-9-15-17(37-18)8-14(26)21(29-15)12-4-6-28-7-5-12/h5-7,13-14,34H,8-12,15-17H2,1-4H3,(H,36,41);2-4,8-9,28H,5-7,10-11H2,1H3,(H2,30,31,34,35)/t31-;25-/m00/s1. The van der Waals surface area contributed by atoms with Crippen LogP contribution in [0.1, 0.15) is 67.6 Å². The molecule has 10 heterocycles. The maximum atomic E-state index is 15.2. The van der Waals surface area contributed by atoms with Gasteiger partial charge in [-0.05, 0) is 66.4 Å². The predicted molar refractivity (Wildman–Crippen MR) is 289 cm³/mol. The summed E-state index contributed by atoms with van der Waals surface area (Å²) in [6, 6.07) is 10.6. The number of hydrogen-bond acceptors (Lipinski definition) is 15. The maximum Gasteiger partial charge on any atom is 0.327 e. The van der Waals surface area contributed by atoms with Crippen LogP contribution in [-0.2, 0) is 38.5 Å². The van der Waals surface area contributed by atoms with Crippen molar-refractivity contribution >= 4 is 77.1 Å². The molecule has 2 atom stereocenters. The van der Waals surface area contributed by atoms with Gasteiger partial charge in [-0.2, -0.15) is 0 Å². The lowest BCUT2D eigenvalue weighted by Gasteiger charge is -2.29. The summed E-state index contributed by atoms with van der Waals surface area (Å²) < 4.78 is 87.8. The zero-order chi connectivity index (χ0) is 58.0. The number of fused-ring (bicyclic) bond motifs is 4. The van der Waals surface area contributed by atoms with Gasteiger partial charge in [0.2, 0.25) is 0 Å². The molecule has 428 valence electrons. The third-order valence-electron chi connectivity index (χ3n) is 15.2. The number of halogens is 4. The van der Waals surface area contributed by atoms with E-state index in [0.29, 0.717) is 56.8 Å². The number of pyridine rings is 2. The first-order valence-electron chi connectivity index (χ1n) is 26.4. The Hall–Kier alpha value is -8.46. The molecule has 12 rings (SSSR count). The molecule has 2 aromatic carbocycles. The first kappa shape index (κ1) is 55.4. The number of urea groups is 2. The van der Waals surface area contributed by atoms with E-state index < -0.39 is 78.1 Å². The van der Waals surface area contributed by atoms with Crippen LogP contribution in [-0.4, -0.2) is 135 Å². The van der Waals surface area contributed by atoms with E-state index in [2.05, 4.69) is 56.2 Å². The topological polar surface area (TPSA) is 252 Å². The van der Waals surface area contributed by atoms with Gasteiger partial charge in [0.1, 0.15) is 40.7 Å². The van der Waals surface area contributed by atoms with Gasteiger partial charge in [0.25, 0.3) is 23.6 Å². The van der Waals surface area contributed by atoms with Gasteiger partial charge in [-0.3, -0.25) is 24.5 Å². The van der Waals surface area contributed by atoms with Crippen LogP contribution in [0.15, 0.2) is 69.5 Å². The number of ether oxygens (including phenoxy) is 3. The summed E-state index contributed by atoms with van der Waals surface area (Å²) >= 11 is 0. The summed E-state index contributed by atoms with van der Waals surface area (Å²) in [4.78, 5) is 91.9. The van der Waals surface area contributed by atoms with E-state index >= 15 is 8.78 Å². The van der Waals surface area contributed by atoms with Gasteiger partial charge in [-0.1, -0.05) is 43.9 Å². The lowest BCUT2D eigenvalue weighted by atomic mass is 9.95. The number of carbonyl (C=O) groups is 6. The van der Waals surface area contributed by atoms with E-state index in [0.717, 1.165) is 22.1 Å².